The number of aliphatic hydroxyl groups is 1. The maximum absolute atomic E-state index is 11.2. The predicted octanol–water partition coefficient (Wildman–Crippen LogP) is 2.51. The molecule has 0 aliphatic carbocycles. The predicted molar refractivity (Wildman–Crippen MR) is 79.3 cm³/mol. The molecule has 0 aromatic carbocycles. The third kappa shape index (κ3) is 4.81. The zero-order chi connectivity index (χ0) is 15.3. The summed E-state index contributed by atoms with van der Waals surface area (Å²) >= 11 is 0. The number of carboxylic acid groups (broad SMARTS) is 1. The number of aliphatic hydroxyl groups excluding tert-OH is 1. The van der Waals surface area contributed by atoms with Gasteiger partial charge in [-0.1, -0.05) is 27.7 Å². The van der Waals surface area contributed by atoms with Gasteiger partial charge in [-0.15, -0.1) is 0 Å². The monoisotopic (exact) mass is 280 g/mol. The lowest BCUT2D eigenvalue weighted by Crippen LogP contribution is -2.18. The Morgan fingerprint density at radius 1 is 1.40 bits per heavy atom. The second-order valence-electron chi connectivity index (χ2n) is 6.18. The molecule has 1 aromatic heterocycles. The van der Waals surface area contributed by atoms with E-state index in [1.807, 2.05) is 27.7 Å². The normalized spacial score (nSPS) is 13.1. The summed E-state index contributed by atoms with van der Waals surface area (Å²) in [6, 6.07) is 3.16. The third-order valence-corrected chi connectivity index (χ3v) is 3.09. The molecule has 1 unspecified atom stereocenters. The molecule has 0 aliphatic rings. The minimum Gasteiger partial charge on any atom is -0.478 e. The van der Waals surface area contributed by atoms with Gasteiger partial charge in [0.25, 0.3) is 0 Å². The smallest absolute Gasteiger partial charge is 0.335 e. The van der Waals surface area contributed by atoms with Crippen molar-refractivity contribution in [1.29, 1.82) is 0 Å². The minimum atomic E-state index is -0.954. The number of nitrogens with zero attached hydrogens (tertiary/aromatic N) is 1. The molecule has 0 bridgehead atoms. The summed E-state index contributed by atoms with van der Waals surface area (Å²) in [5.74, 6) is -0.0858. The lowest BCUT2D eigenvalue weighted by Gasteiger charge is -2.20. The molecule has 1 atom stereocenters. The van der Waals surface area contributed by atoms with E-state index < -0.39 is 5.97 Å². The van der Waals surface area contributed by atoms with Gasteiger partial charge < -0.3 is 15.5 Å². The molecule has 112 valence electrons. The molecule has 0 saturated heterocycles. The van der Waals surface area contributed by atoms with Crippen LogP contribution in [0.15, 0.2) is 12.1 Å². The quantitative estimate of drug-likeness (QED) is 0.746. The van der Waals surface area contributed by atoms with Gasteiger partial charge in [0, 0.05) is 24.3 Å². The van der Waals surface area contributed by atoms with Gasteiger partial charge in [0.05, 0.1) is 5.56 Å². The van der Waals surface area contributed by atoms with Gasteiger partial charge in [-0.25, -0.2) is 9.78 Å². The molecule has 0 amide bonds. The Kier molecular flexibility index (Phi) is 5.51. The largest absolute Gasteiger partial charge is 0.478 e. The van der Waals surface area contributed by atoms with Crippen LogP contribution in [0.5, 0.6) is 0 Å². The molecular weight excluding hydrogens is 256 g/mol. The van der Waals surface area contributed by atoms with Crippen LogP contribution < -0.4 is 5.32 Å². The zero-order valence-electron chi connectivity index (χ0n) is 12.6. The average molecular weight is 280 g/mol. The first-order chi connectivity index (χ1) is 9.24. The molecule has 5 nitrogen and oxygen atoms in total. The number of hydrogen-bond acceptors (Lipinski definition) is 4. The molecule has 0 radical (unpaired) electrons. The Bertz CT molecular complexity index is 467. The number of aromatic nitrogens is 1. The lowest BCUT2D eigenvalue weighted by atomic mass is 9.90. The first kappa shape index (κ1) is 16.4. The Morgan fingerprint density at radius 3 is 2.55 bits per heavy atom. The molecule has 0 fully saturated rings. The van der Waals surface area contributed by atoms with Gasteiger partial charge in [0.2, 0.25) is 0 Å². The molecule has 0 saturated carbocycles. The molecule has 1 aromatic rings. The summed E-state index contributed by atoms with van der Waals surface area (Å²) in [5, 5.41) is 21.2. The fourth-order valence-corrected chi connectivity index (χ4v) is 1.73. The van der Waals surface area contributed by atoms with Crippen molar-refractivity contribution in [3.63, 3.8) is 0 Å². The second-order valence-corrected chi connectivity index (χ2v) is 6.18. The van der Waals surface area contributed by atoms with E-state index in [4.69, 9.17) is 5.11 Å². The van der Waals surface area contributed by atoms with Crippen LogP contribution in [-0.2, 0) is 5.41 Å². The van der Waals surface area contributed by atoms with Crippen LogP contribution in [0.3, 0.4) is 0 Å². The molecular formula is C15H24N2O3. The number of hydrogen-bond donors (Lipinski definition) is 3. The molecule has 3 N–H and O–H groups in total. The topological polar surface area (TPSA) is 82.5 Å². The van der Waals surface area contributed by atoms with Crippen LogP contribution in [0, 0.1) is 5.92 Å². The van der Waals surface area contributed by atoms with Crippen LogP contribution in [0.25, 0.3) is 0 Å². The summed E-state index contributed by atoms with van der Waals surface area (Å²) in [4.78, 5) is 15.7. The van der Waals surface area contributed by atoms with Gasteiger partial charge in [0.15, 0.2) is 0 Å². The highest BCUT2D eigenvalue weighted by Gasteiger charge is 2.19. The molecule has 20 heavy (non-hydrogen) atoms. The maximum atomic E-state index is 11.2. The lowest BCUT2D eigenvalue weighted by molar-refractivity contribution is 0.0696. The van der Waals surface area contributed by atoms with E-state index in [1.54, 1.807) is 12.1 Å². The molecule has 5 heteroatoms. The average Bonchev–Trinajstić information content (AvgIpc) is 2.35. The maximum Gasteiger partial charge on any atom is 0.335 e. The van der Waals surface area contributed by atoms with Crippen LogP contribution in [0.1, 0.15) is 50.2 Å². The van der Waals surface area contributed by atoms with E-state index in [2.05, 4.69) is 10.3 Å². The molecule has 1 rings (SSSR count). The van der Waals surface area contributed by atoms with Gasteiger partial charge >= 0.3 is 5.97 Å². The van der Waals surface area contributed by atoms with E-state index in [0.717, 1.165) is 5.69 Å². The number of carboxylic acids is 1. The van der Waals surface area contributed by atoms with Crippen molar-refractivity contribution < 1.29 is 15.0 Å². The van der Waals surface area contributed by atoms with E-state index in [9.17, 15) is 9.90 Å². The van der Waals surface area contributed by atoms with Gasteiger partial charge in [-0.05, 0) is 24.5 Å². The number of carbonyl (C=O) groups is 1. The Hall–Kier alpha value is -1.62. The number of rotatable bonds is 6. The first-order valence-electron chi connectivity index (χ1n) is 6.84. The first-order valence-corrected chi connectivity index (χ1v) is 6.84. The standard InChI is InChI=1S/C15H24N2O3/c1-10(5-6-18)9-16-13-8-11(14(19)20)7-12(17-13)15(2,3)4/h7-8,10,18H,5-6,9H2,1-4H3,(H,16,17)(H,19,20). The van der Waals surface area contributed by atoms with Crippen molar-refractivity contribution in [2.24, 2.45) is 5.92 Å². The van der Waals surface area contributed by atoms with Gasteiger partial charge in [-0.3, -0.25) is 0 Å². The van der Waals surface area contributed by atoms with Crippen LogP contribution >= 0.6 is 0 Å². The van der Waals surface area contributed by atoms with Gasteiger partial charge in [-0.2, -0.15) is 0 Å². The van der Waals surface area contributed by atoms with Crippen LogP contribution in [-0.4, -0.2) is 34.3 Å². The van der Waals surface area contributed by atoms with Crippen molar-refractivity contribution >= 4 is 11.8 Å². The van der Waals surface area contributed by atoms with E-state index in [-0.39, 0.29) is 17.6 Å². The molecule has 0 aliphatic heterocycles. The second kappa shape index (κ2) is 6.70. The van der Waals surface area contributed by atoms with Crippen LogP contribution in [0.4, 0.5) is 5.82 Å². The summed E-state index contributed by atoms with van der Waals surface area (Å²) in [6.07, 6.45) is 0.706. The number of pyridine rings is 1. The van der Waals surface area contributed by atoms with Crippen molar-refractivity contribution in [1.82, 2.24) is 4.98 Å². The van der Waals surface area contributed by atoms with Gasteiger partial charge in [0.1, 0.15) is 5.82 Å². The summed E-state index contributed by atoms with van der Waals surface area (Å²) in [6.45, 7) is 8.82. The summed E-state index contributed by atoms with van der Waals surface area (Å²) in [7, 11) is 0. The molecule has 1 heterocycles. The SMILES string of the molecule is CC(CCO)CNc1cc(C(=O)O)cc(C(C)(C)C)n1. The van der Waals surface area contributed by atoms with E-state index in [1.165, 1.54) is 0 Å². The summed E-state index contributed by atoms with van der Waals surface area (Å²) < 4.78 is 0. The third-order valence-electron chi connectivity index (χ3n) is 3.09. The summed E-state index contributed by atoms with van der Waals surface area (Å²) in [5.41, 5.74) is 0.774. The highest BCUT2D eigenvalue weighted by molar-refractivity contribution is 5.88. The highest BCUT2D eigenvalue weighted by atomic mass is 16.4. The van der Waals surface area contributed by atoms with Crippen molar-refractivity contribution in [2.45, 2.75) is 39.5 Å². The van der Waals surface area contributed by atoms with E-state index in [0.29, 0.717) is 24.7 Å². The fraction of sp³-hybridized carbons (Fsp3) is 0.600. The Labute approximate surface area is 120 Å². The number of anilines is 1. The van der Waals surface area contributed by atoms with E-state index >= 15 is 0 Å². The fourth-order valence-electron chi connectivity index (χ4n) is 1.73. The highest BCUT2D eigenvalue weighted by Crippen LogP contribution is 2.23. The number of aromatic carboxylic acids is 1. The zero-order valence-corrected chi connectivity index (χ0v) is 12.6. The Balaban J connectivity index is 2.95. The van der Waals surface area contributed by atoms with Crippen molar-refractivity contribution in [2.75, 3.05) is 18.5 Å². The van der Waals surface area contributed by atoms with Crippen molar-refractivity contribution in [3.8, 4) is 0 Å². The van der Waals surface area contributed by atoms with Crippen LogP contribution in [0.2, 0.25) is 0 Å². The number of nitrogens with one attached hydrogen (secondary N) is 1. The van der Waals surface area contributed by atoms with Crippen molar-refractivity contribution in [3.05, 3.63) is 23.4 Å². The molecule has 0 spiro atoms. The minimum absolute atomic E-state index is 0.151. The Morgan fingerprint density at radius 2 is 2.05 bits per heavy atom.